The number of hydrogen-bond acceptors (Lipinski definition) is 2. The molecule has 2 nitrogen and oxygen atoms in total. The summed E-state index contributed by atoms with van der Waals surface area (Å²) in [6.45, 7) is 8.00. The maximum Gasteiger partial charge on any atom is 0.487 e. The van der Waals surface area contributed by atoms with E-state index < -0.39 is 7.12 Å². The van der Waals surface area contributed by atoms with Gasteiger partial charge in [-0.2, -0.15) is 0 Å². The Hall–Kier alpha value is -0.185. The number of halogens is 3. The fourth-order valence-corrected chi connectivity index (χ4v) is 2.50. The third-order valence-electron chi connectivity index (χ3n) is 3.77. The van der Waals surface area contributed by atoms with Crippen LogP contribution < -0.4 is 0 Å². The van der Waals surface area contributed by atoms with E-state index in [-0.39, 0.29) is 11.2 Å². The number of rotatable bonds is 2. The Labute approximate surface area is 135 Å². The smallest absolute Gasteiger partial charge is 0.400 e. The molecule has 1 aliphatic rings. The zero-order chi connectivity index (χ0) is 15.1. The Morgan fingerprint density at radius 2 is 1.45 bits per heavy atom. The predicted octanol–water partition coefficient (Wildman–Crippen LogP) is 5.29. The standard InChI is InChI=1S/C14H16BCl3O2/c1-13(2)14(3,4)20-15(19-13)8-7-9-10(16)5-6-11(17)12(9)18/h5-8H,1-4H3/b8-7+. The minimum Gasteiger partial charge on any atom is -0.400 e. The second-order valence-corrected chi connectivity index (χ2v) is 6.93. The van der Waals surface area contributed by atoms with E-state index in [0.717, 1.165) is 0 Å². The van der Waals surface area contributed by atoms with Crippen molar-refractivity contribution < 1.29 is 9.31 Å². The molecule has 1 saturated heterocycles. The molecule has 0 saturated carbocycles. The van der Waals surface area contributed by atoms with Crippen molar-refractivity contribution in [1.82, 2.24) is 0 Å². The molecule has 1 aromatic rings. The van der Waals surface area contributed by atoms with Crippen LogP contribution >= 0.6 is 34.8 Å². The van der Waals surface area contributed by atoms with Gasteiger partial charge in [0, 0.05) is 10.6 Å². The van der Waals surface area contributed by atoms with Gasteiger partial charge in [0.25, 0.3) is 0 Å². The van der Waals surface area contributed by atoms with E-state index in [0.29, 0.717) is 20.6 Å². The zero-order valence-electron chi connectivity index (χ0n) is 11.8. The minimum absolute atomic E-state index is 0.371. The summed E-state index contributed by atoms with van der Waals surface area (Å²) >= 11 is 18.3. The van der Waals surface area contributed by atoms with Gasteiger partial charge in [0.2, 0.25) is 0 Å². The monoisotopic (exact) mass is 332 g/mol. The summed E-state index contributed by atoms with van der Waals surface area (Å²) in [5.74, 6) is 1.79. The van der Waals surface area contributed by atoms with Crippen LogP contribution in [0.1, 0.15) is 33.3 Å². The lowest BCUT2D eigenvalue weighted by molar-refractivity contribution is 0.00578. The SMILES string of the molecule is CC1(C)OB(/C=C/c2c(Cl)ccc(Cl)c2Cl)OC1(C)C. The minimum atomic E-state index is -0.439. The van der Waals surface area contributed by atoms with Crippen LogP contribution in [0, 0.1) is 0 Å². The summed E-state index contributed by atoms with van der Waals surface area (Å²) in [5.41, 5.74) is -0.0797. The van der Waals surface area contributed by atoms with Crippen LogP contribution in [0.2, 0.25) is 15.1 Å². The molecule has 1 heterocycles. The molecule has 0 bridgehead atoms. The van der Waals surface area contributed by atoms with E-state index in [4.69, 9.17) is 44.1 Å². The molecule has 0 amide bonds. The quantitative estimate of drug-likeness (QED) is 0.541. The Balaban J connectivity index is 2.22. The van der Waals surface area contributed by atoms with Gasteiger partial charge >= 0.3 is 7.12 Å². The highest BCUT2D eigenvalue weighted by Gasteiger charge is 2.50. The highest BCUT2D eigenvalue weighted by atomic mass is 35.5. The fraction of sp³-hybridized carbons (Fsp3) is 0.429. The van der Waals surface area contributed by atoms with Crippen molar-refractivity contribution in [3.63, 3.8) is 0 Å². The Morgan fingerprint density at radius 3 is 2.00 bits per heavy atom. The lowest BCUT2D eigenvalue weighted by Crippen LogP contribution is -2.41. The highest BCUT2D eigenvalue weighted by Crippen LogP contribution is 2.38. The molecule has 0 radical (unpaired) electrons. The topological polar surface area (TPSA) is 18.5 Å². The van der Waals surface area contributed by atoms with Crippen LogP contribution in [0.4, 0.5) is 0 Å². The van der Waals surface area contributed by atoms with Crippen LogP contribution in [0.5, 0.6) is 0 Å². The molecule has 6 heteroatoms. The van der Waals surface area contributed by atoms with Crippen molar-refractivity contribution >= 4 is 48.0 Å². The summed E-state index contributed by atoms with van der Waals surface area (Å²) in [6, 6.07) is 3.37. The molecule has 0 N–H and O–H groups in total. The van der Waals surface area contributed by atoms with Crippen LogP contribution in [0.25, 0.3) is 6.08 Å². The molecule has 0 aliphatic carbocycles. The first-order valence-corrected chi connectivity index (χ1v) is 7.45. The van der Waals surface area contributed by atoms with Gasteiger partial charge in [-0.25, -0.2) is 0 Å². The molecule has 0 spiro atoms. The van der Waals surface area contributed by atoms with E-state index in [2.05, 4.69) is 0 Å². The van der Waals surface area contributed by atoms with Gasteiger partial charge in [0.05, 0.1) is 21.2 Å². The summed E-state index contributed by atoms with van der Waals surface area (Å²) in [6.07, 6.45) is 1.78. The molecule has 0 unspecified atom stereocenters. The molecule has 2 rings (SSSR count). The van der Waals surface area contributed by atoms with Crippen molar-refractivity contribution in [2.75, 3.05) is 0 Å². The van der Waals surface area contributed by atoms with E-state index in [1.165, 1.54) is 0 Å². The molecular formula is C14H16BCl3O2. The summed E-state index contributed by atoms with van der Waals surface area (Å²) in [5, 5.41) is 1.42. The molecule has 1 fully saturated rings. The molecule has 0 atom stereocenters. The summed E-state index contributed by atoms with van der Waals surface area (Å²) in [7, 11) is -0.439. The van der Waals surface area contributed by atoms with Crippen molar-refractivity contribution in [1.29, 1.82) is 0 Å². The molecular weight excluding hydrogens is 317 g/mol. The van der Waals surface area contributed by atoms with Gasteiger partial charge in [-0.3, -0.25) is 0 Å². The van der Waals surface area contributed by atoms with Crippen molar-refractivity contribution in [3.05, 3.63) is 38.7 Å². The summed E-state index contributed by atoms with van der Waals surface area (Å²) in [4.78, 5) is 0. The van der Waals surface area contributed by atoms with E-state index in [1.807, 2.05) is 27.7 Å². The van der Waals surface area contributed by atoms with Gasteiger partial charge < -0.3 is 9.31 Å². The highest BCUT2D eigenvalue weighted by molar-refractivity contribution is 6.53. The number of hydrogen-bond donors (Lipinski definition) is 0. The first kappa shape index (κ1) is 16.2. The largest absolute Gasteiger partial charge is 0.487 e. The predicted molar refractivity (Wildman–Crippen MR) is 86.6 cm³/mol. The van der Waals surface area contributed by atoms with E-state index in [1.54, 1.807) is 24.2 Å². The Kier molecular flexibility index (Phi) is 4.49. The lowest BCUT2D eigenvalue weighted by atomic mass is 9.89. The maximum atomic E-state index is 6.15. The van der Waals surface area contributed by atoms with Gasteiger partial charge in [-0.1, -0.05) is 46.9 Å². The van der Waals surface area contributed by atoms with Crippen LogP contribution in [-0.2, 0) is 9.31 Å². The average Bonchev–Trinajstić information content (AvgIpc) is 2.53. The van der Waals surface area contributed by atoms with E-state index >= 15 is 0 Å². The molecule has 1 aromatic carbocycles. The Bertz CT molecular complexity index is 540. The van der Waals surface area contributed by atoms with Gasteiger partial charge in [-0.05, 0) is 39.8 Å². The Morgan fingerprint density at radius 1 is 0.950 bits per heavy atom. The lowest BCUT2D eigenvalue weighted by Gasteiger charge is -2.32. The fourth-order valence-electron chi connectivity index (χ4n) is 1.84. The first-order valence-electron chi connectivity index (χ1n) is 6.31. The van der Waals surface area contributed by atoms with Crippen LogP contribution in [0.15, 0.2) is 18.1 Å². The zero-order valence-corrected chi connectivity index (χ0v) is 14.1. The molecule has 108 valence electrons. The van der Waals surface area contributed by atoms with E-state index in [9.17, 15) is 0 Å². The van der Waals surface area contributed by atoms with Gasteiger partial charge in [0.15, 0.2) is 0 Å². The second-order valence-electron chi connectivity index (χ2n) is 5.74. The third-order valence-corrected chi connectivity index (χ3v) is 4.92. The van der Waals surface area contributed by atoms with Crippen molar-refractivity contribution in [3.8, 4) is 0 Å². The normalized spacial score (nSPS) is 20.9. The molecule has 0 aromatic heterocycles. The third kappa shape index (κ3) is 3.02. The maximum absolute atomic E-state index is 6.15. The van der Waals surface area contributed by atoms with Crippen molar-refractivity contribution in [2.24, 2.45) is 0 Å². The average molecular weight is 333 g/mol. The molecule has 20 heavy (non-hydrogen) atoms. The van der Waals surface area contributed by atoms with Gasteiger partial charge in [-0.15, -0.1) is 0 Å². The van der Waals surface area contributed by atoms with Crippen LogP contribution in [-0.4, -0.2) is 18.3 Å². The van der Waals surface area contributed by atoms with Gasteiger partial charge in [0.1, 0.15) is 0 Å². The van der Waals surface area contributed by atoms with Crippen molar-refractivity contribution in [2.45, 2.75) is 38.9 Å². The first-order chi connectivity index (χ1) is 9.14. The summed E-state index contributed by atoms with van der Waals surface area (Å²) < 4.78 is 11.7. The number of benzene rings is 1. The second kappa shape index (κ2) is 5.55. The van der Waals surface area contributed by atoms with Crippen LogP contribution in [0.3, 0.4) is 0 Å². The molecule has 1 aliphatic heterocycles.